The molecule has 1 aliphatic heterocycles. The molecule has 0 spiro atoms. The van der Waals surface area contributed by atoms with E-state index in [1.54, 1.807) is 18.2 Å². The number of nitrogens with zero attached hydrogens (tertiary/aromatic N) is 1. The van der Waals surface area contributed by atoms with Gasteiger partial charge in [-0.15, -0.1) is 13.2 Å². The number of hydrogen-bond acceptors (Lipinski definition) is 2. The van der Waals surface area contributed by atoms with E-state index in [4.69, 9.17) is 11.6 Å². The van der Waals surface area contributed by atoms with Crippen LogP contribution in [0.25, 0.3) is 0 Å². The number of ether oxygens (including phenoxy) is 1. The molecule has 1 aliphatic rings. The summed E-state index contributed by atoms with van der Waals surface area (Å²) in [6.45, 7) is 0. The first-order chi connectivity index (χ1) is 10.4. The van der Waals surface area contributed by atoms with E-state index in [9.17, 15) is 13.2 Å². The van der Waals surface area contributed by atoms with Crippen molar-refractivity contribution in [2.24, 2.45) is 0 Å². The molecule has 0 aromatic heterocycles. The molecule has 1 heterocycles. The molecule has 0 aliphatic carbocycles. The quantitative estimate of drug-likeness (QED) is 0.728. The molecule has 0 saturated carbocycles. The van der Waals surface area contributed by atoms with Crippen LogP contribution in [0.2, 0.25) is 5.02 Å². The van der Waals surface area contributed by atoms with E-state index in [0.29, 0.717) is 5.02 Å². The molecule has 0 atom stereocenters. The smallest absolute Gasteiger partial charge is 0.406 e. The Morgan fingerprint density at radius 1 is 1.05 bits per heavy atom. The summed E-state index contributed by atoms with van der Waals surface area (Å²) in [5, 5.41) is 0.655. The van der Waals surface area contributed by atoms with Gasteiger partial charge in [-0.1, -0.05) is 17.7 Å². The van der Waals surface area contributed by atoms with Crippen LogP contribution in [0.1, 0.15) is 5.56 Å². The van der Waals surface area contributed by atoms with Gasteiger partial charge in [0.05, 0.1) is 0 Å². The van der Waals surface area contributed by atoms with Crippen molar-refractivity contribution in [3.8, 4) is 5.75 Å². The van der Waals surface area contributed by atoms with Gasteiger partial charge >= 0.3 is 6.36 Å². The molecule has 6 heteroatoms. The van der Waals surface area contributed by atoms with Gasteiger partial charge < -0.3 is 9.64 Å². The first kappa shape index (κ1) is 14.8. The number of halogens is 4. The zero-order chi connectivity index (χ0) is 15.7. The lowest BCUT2D eigenvalue weighted by molar-refractivity contribution is -0.274. The van der Waals surface area contributed by atoms with Gasteiger partial charge in [0.1, 0.15) is 5.75 Å². The summed E-state index contributed by atoms with van der Waals surface area (Å²) in [5.74, 6) is -0.242. The van der Waals surface area contributed by atoms with Crippen LogP contribution in [0.3, 0.4) is 0 Å². The predicted octanol–water partition coefficient (Wildman–Crippen LogP) is 5.45. The molecule has 0 bridgehead atoms. The van der Waals surface area contributed by atoms with Crippen LogP contribution in [0, 0.1) is 0 Å². The first-order valence-corrected chi connectivity index (χ1v) is 6.90. The summed E-state index contributed by atoms with van der Waals surface area (Å²) in [6, 6.07) is 11.3. The highest BCUT2D eigenvalue weighted by Gasteiger charge is 2.31. The van der Waals surface area contributed by atoms with E-state index in [1.165, 1.54) is 12.1 Å². The molecule has 0 amide bonds. The number of hydrogen-bond donors (Lipinski definition) is 0. The van der Waals surface area contributed by atoms with Crippen LogP contribution >= 0.6 is 11.6 Å². The fourth-order valence-corrected chi connectivity index (χ4v) is 2.55. The number of allylic oxidation sites excluding steroid dienone is 1. The monoisotopic (exact) mass is 325 g/mol. The molecule has 0 radical (unpaired) electrons. The van der Waals surface area contributed by atoms with Crippen LogP contribution in [0.5, 0.6) is 5.75 Å². The number of anilines is 2. The average Bonchev–Trinajstić information content (AvgIpc) is 2.45. The van der Waals surface area contributed by atoms with Gasteiger partial charge in [0.15, 0.2) is 0 Å². The molecular weight excluding hydrogens is 315 g/mol. The molecular formula is C16H11ClF3NO. The van der Waals surface area contributed by atoms with E-state index in [0.717, 1.165) is 23.4 Å². The maximum absolute atomic E-state index is 12.2. The molecule has 2 aromatic rings. The second-order valence-electron chi connectivity index (χ2n) is 4.77. The summed E-state index contributed by atoms with van der Waals surface area (Å²) < 4.78 is 40.4. The highest BCUT2D eigenvalue weighted by Crippen LogP contribution is 2.35. The van der Waals surface area contributed by atoms with Gasteiger partial charge in [0.25, 0.3) is 0 Å². The Kier molecular flexibility index (Phi) is 3.74. The number of fused-ring (bicyclic) bond motifs is 1. The SMILES string of the molecule is FC(F)(F)Oc1ccc(N2C=CCc3cc(Cl)ccc32)cc1. The van der Waals surface area contributed by atoms with E-state index < -0.39 is 6.36 Å². The van der Waals surface area contributed by atoms with Crippen LogP contribution < -0.4 is 9.64 Å². The van der Waals surface area contributed by atoms with Crippen molar-refractivity contribution in [1.82, 2.24) is 0 Å². The Morgan fingerprint density at radius 3 is 2.45 bits per heavy atom. The molecule has 22 heavy (non-hydrogen) atoms. The van der Waals surface area contributed by atoms with Crippen molar-refractivity contribution in [2.45, 2.75) is 12.8 Å². The van der Waals surface area contributed by atoms with E-state index in [-0.39, 0.29) is 5.75 Å². The molecule has 0 fully saturated rings. The Hall–Kier alpha value is -2.14. The number of alkyl halides is 3. The fraction of sp³-hybridized carbons (Fsp3) is 0.125. The average molecular weight is 326 g/mol. The molecule has 3 rings (SSSR count). The first-order valence-electron chi connectivity index (χ1n) is 6.52. The van der Waals surface area contributed by atoms with E-state index >= 15 is 0 Å². The van der Waals surface area contributed by atoms with Crippen LogP contribution in [0.15, 0.2) is 54.7 Å². The molecule has 0 N–H and O–H groups in total. The van der Waals surface area contributed by atoms with Gasteiger partial charge in [0.2, 0.25) is 0 Å². The Bertz CT molecular complexity index is 710. The Labute approximate surface area is 130 Å². The summed E-state index contributed by atoms with van der Waals surface area (Å²) in [7, 11) is 0. The van der Waals surface area contributed by atoms with Crippen LogP contribution in [0.4, 0.5) is 24.5 Å². The van der Waals surface area contributed by atoms with Gasteiger partial charge in [-0.05, 0) is 54.4 Å². The number of benzene rings is 2. The molecule has 114 valence electrons. The van der Waals surface area contributed by atoms with Crippen molar-refractivity contribution in [3.05, 3.63) is 65.3 Å². The van der Waals surface area contributed by atoms with Gasteiger partial charge in [-0.3, -0.25) is 0 Å². The van der Waals surface area contributed by atoms with Crippen molar-refractivity contribution < 1.29 is 17.9 Å². The Balaban J connectivity index is 1.89. The molecule has 2 aromatic carbocycles. The third-order valence-electron chi connectivity index (χ3n) is 3.24. The second kappa shape index (κ2) is 5.57. The highest BCUT2D eigenvalue weighted by atomic mass is 35.5. The summed E-state index contributed by atoms with van der Waals surface area (Å²) >= 11 is 5.99. The molecule has 2 nitrogen and oxygen atoms in total. The molecule has 0 saturated heterocycles. The lowest BCUT2D eigenvalue weighted by Crippen LogP contribution is -2.17. The maximum Gasteiger partial charge on any atom is 0.573 e. The minimum atomic E-state index is -4.68. The third kappa shape index (κ3) is 3.20. The summed E-state index contributed by atoms with van der Waals surface area (Å²) in [6.07, 6.45) is -0.0633. The van der Waals surface area contributed by atoms with Crippen LogP contribution in [-0.2, 0) is 6.42 Å². The van der Waals surface area contributed by atoms with Crippen molar-refractivity contribution in [1.29, 1.82) is 0 Å². The summed E-state index contributed by atoms with van der Waals surface area (Å²) in [5.41, 5.74) is 2.76. The van der Waals surface area contributed by atoms with E-state index in [2.05, 4.69) is 4.74 Å². The number of rotatable bonds is 2. The predicted molar refractivity (Wildman–Crippen MR) is 79.6 cm³/mol. The van der Waals surface area contributed by atoms with Crippen molar-refractivity contribution in [2.75, 3.05) is 4.90 Å². The third-order valence-corrected chi connectivity index (χ3v) is 3.48. The lowest BCUT2D eigenvalue weighted by atomic mass is 10.1. The lowest BCUT2D eigenvalue weighted by Gasteiger charge is -2.27. The highest BCUT2D eigenvalue weighted by molar-refractivity contribution is 6.30. The van der Waals surface area contributed by atoms with Crippen LogP contribution in [-0.4, -0.2) is 6.36 Å². The zero-order valence-corrected chi connectivity index (χ0v) is 12.0. The Morgan fingerprint density at radius 2 is 1.77 bits per heavy atom. The largest absolute Gasteiger partial charge is 0.573 e. The van der Waals surface area contributed by atoms with Gasteiger partial charge in [0, 0.05) is 22.6 Å². The topological polar surface area (TPSA) is 12.5 Å². The van der Waals surface area contributed by atoms with Crippen molar-refractivity contribution in [3.63, 3.8) is 0 Å². The maximum atomic E-state index is 12.2. The molecule has 0 unspecified atom stereocenters. The normalized spacial score (nSPS) is 13.9. The zero-order valence-electron chi connectivity index (χ0n) is 11.3. The fourth-order valence-electron chi connectivity index (χ4n) is 2.35. The minimum Gasteiger partial charge on any atom is -0.406 e. The van der Waals surface area contributed by atoms with Gasteiger partial charge in [-0.2, -0.15) is 0 Å². The van der Waals surface area contributed by atoms with E-state index in [1.807, 2.05) is 29.3 Å². The standard InChI is InChI=1S/C16H11ClF3NO/c17-12-3-8-15-11(10-12)2-1-9-21(15)13-4-6-14(7-5-13)22-16(18,19)20/h1,3-10H,2H2. The minimum absolute atomic E-state index is 0.242. The second-order valence-corrected chi connectivity index (χ2v) is 5.21. The van der Waals surface area contributed by atoms with Gasteiger partial charge in [-0.25, -0.2) is 0 Å². The van der Waals surface area contributed by atoms with Crippen molar-refractivity contribution >= 4 is 23.0 Å². The summed E-state index contributed by atoms with van der Waals surface area (Å²) in [4.78, 5) is 1.90.